The third-order valence-corrected chi connectivity index (χ3v) is 2.38. The second-order valence-electron chi connectivity index (χ2n) is 3.53. The van der Waals surface area contributed by atoms with Crippen molar-refractivity contribution in [3.8, 4) is 12.3 Å². The van der Waals surface area contributed by atoms with Crippen LogP contribution in [-0.4, -0.2) is 22.6 Å². The van der Waals surface area contributed by atoms with E-state index in [0.717, 1.165) is 0 Å². The summed E-state index contributed by atoms with van der Waals surface area (Å²) in [6.45, 7) is 0. The fourth-order valence-corrected chi connectivity index (χ4v) is 1.57. The molecule has 1 aromatic heterocycles. The first-order valence-corrected chi connectivity index (χ1v) is 4.85. The van der Waals surface area contributed by atoms with Crippen molar-refractivity contribution in [2.24, 2.45) is 20.9 Å². The minimum Gasteiger partial charge on any atom is -0.461 e. The molecule has 1 aromatic rings. The Labute approximate surface area is 97.0 Å². The number of aliphatic imine (C=N–C) groups is 2. The lowest BCUT2D eigenvalue weighted by Crippen LogP contribution is -2.50. The first-order chi connectivity index (χ1) is 8.21. The second-order valence-corrected chi connectivity index (χ2v) is 3.53. The Hall–Kier alpha value is -2.49. The number of fused-ring (bicyclic) bond motifs is 1. The molecule has 3 rings (SSSR count). The molecule has 2 aliphatic heterocycles. The van der Waals surface area contributed by atoms with Gasteiger partial charge in [-0.05, 0) is 27.9 Å². The molecule has 6 nitrogen and oxygen atoms in total. The van der Waals surface area contributed by atoms with E-state index >= 15 is 0 Å². The Bertz CT molecular complexity index is 629. The molecule has 6 heteroatoms. The molecule has 82 valence electrons. The maximum Gasteiger partial charge on any atom is 0.300 e. The van der Waals surface area contributed by atoms with Gasteiger partial charge in [-0.25, -0.2) is 4.99 Å². The van der Waals surface area contributed by atoms with Crippen LogP contribution in [0.3, 0.4) is 0 Å². The van der Waals surface area contributed by atoms with Crippen molar-refractivity contribution in [2.75, 3.05) is 0 Å². The molecule has 0 saturated heterocycles. The zero-order chi connectivity index (χ0) is 11.9. The molecule has 0 bridgehead atoms. The van der Waals surface area contributed by atoms with E-state index < -0.39 is 0 Å². The van der Waals surface area contributed by atoms with Gasteiger partial charge in [-0.15, -0.1) is 12.3 Å². The number of furan rings is 1. The molecule has 0 amide bonds. The number of rotatable bonds is 1. The average molecular weight is 226 g/mol. The molecule has 3 heterocycles. The van der Waals surface area contributed by atoms with E-state index in [2.05, 4.69) is 21.0 Å². The van der Waals surface area contributed by atoms with Gasteiger partial charge in [0.1, 0.15) is 6.21 Å². The lowest BCUT2D eigenvalue weighted by atomic mass is 10.4. The van der Waals surface area contributed by atoms with Gasteiger partial charge in [-0.1, -0.05) is 0 Å². The third kappa shape index (κ3) is 1.42. The van der Waals surface area contributed by atoms with Gasteiger partial charge in [0.25, 0.3) is 11.7 Å². The van der Waals surface area contributed by atoms with Crippen molar-refractivity contribution in [3.05, 3.63) is 36.1 Å². The van der Waals surface area contributed by atoms with E-state index in [9.17, 15) is 0 Å². The van der Waals surface area contributed by atoms with E-state index in [0.29, 0.717) is 23.1 Å². The third-order valence-electron chi connectivity index (χ3n) is 2.38. The minimum atomic E-state index is -0.320. The molecule has 2 N–H and O–H groups in total. The van der Waals surface area contributed by atoms with Gasteiger partial charge in [0.15, 0.2) is 17.7 Å². The predicted molar refractivity (Wildman–Crippen MR) is 62.5 cm³/mol. The first-order valence-electron chi connectivity index (χ1n) is 4.85. The molecular formula is C11H8N5O+. The van der Waals surface area contributed by atoms with Crippen molar-refractivity contribution in [2.45, 2.75) is 0 Å². The molecule has 2 aliphatic rings. The van der Waals surface area contributed by atoms with E-state index in [1.54, 1.807) is 24.6 Å². The number of hydrogen-bond donors (Lipinski definition) is 1. The van der Waals surface area contributed by atoms with Gasteiger partial charge < -0.3 is 4.42 Å². The first kappa shape index (κ1) is 9.72. The highest BCUT2D eigenvalue weighted by molar-refractivity contribution is 6.31. The number of nitrogens with zero attached hydrogens (tertiary/aromatic N) is 4. The average Bonchev–Trinajstić information content (AvgIpc) is 2.93. The van der Waals surface area contributed by atoms with Crippen LogP contribution in [0.25, 0.3) is 0 Å². The number of terminal acetylenes is 1. The molecular weight excluding hydrogens is 218 g/mol. The van der Waals surface area contributed by atoms with Crippen molar-refractivity contribution >= 4 is 17.9 Å². The van der Waals surface area contributed by atoms with E-state index in [-0.39, 0.29) is 4.70 Å². The van der Waals surface area contributed by atoms with E-state index in [1.807, 2.05) is 0 Å². The van der Waals surface area contributed by atoms with E-state index in [4.69, 9.17) is 16.7 Å². The summed E-state index contributed by atoms with van der Waals surface area (Å²) < 4.78 is 4.89. The number of nitrogens with two attached hydrogens (primary N) is 1. The van der Waals surface area contributed by atoms with Crippen LogP contribution < -0.4 is 5.84 Å². The SMILES string of the molecule is C#CC1=C[N+]2(N)N=C(c3ccco3)N=C2C=N1. The monoisotopic (exact) mass is 226 g/mol. The van der Waals surface area contributed by atoms with Crippen molar-refractivity contribution < 1.29 is 9.12 Å². The topological polar surface area (TPSA) is 76.2 Å². The smallest absolute Gasteiger partial charge is 0.300 e. The van der Waals surface area contributed by atoms with Crippen LogP contribution in [0.5, 0.6) is 0 Å². The highest BCUT2D eigenvalue weighted by atomic mass is 16.3. The van der Waals surface area contributed by atoms with Gasteiger partial charge in [-0.3, -0.25) is 0 Å². The van der Waals surface area contributed by atoms with Crippen LogP contribution in [-0.2, 0) is 0 Å². The zero-order valence-electron chi connectivity index (χ0n) is 8.74. The highest BCUT2D eigenvalue weighted by Crippen LogP contribution is 2.20. The van der Waals surface area contributed by atoms with Crippen LogP contribution >= 0.6 is 0 Å². The van der Waals surface area contributed by atoms with Gasteiger partial charge in [-0.2, -0.15) is 4.99 Å². The summed E-state index contributed by atoms with van der Waals surface area (Å²) in [5, 5.41) is 4.25. The molecule has 1 atom stereocenters. The molecule has 0 radical (unpaired) electrons. The molecule has 17 heavy (non-hydrogen) atoms. The van der Waals surface area contributed by atoms with Crippen LogP contribution in [0.4, 0.5) is 0 Å². The zero-order valence-corrected chi connectivity index (χ0v) is 8.74. The standard InChI is InChI=1S/C11H8N5O/c1-2-8-7-16(12)10(6-13-8)14-11(15-16)9-4-3-5-17-9/h1,3-7H,12H2/q+1. The number of amidine groups is 2. The lowest BCUT2D eigenvalue weighted by Gasteiger charge is -2.17. The molecule has 0 spiro atoms. The van der Waals surface area contributed by atoms with Crippen LogP contribution in [0.2, 0.25) is 0 Å². The van der Waals surface area contributed by atoms with Gasteiger partial charge in [0.2, 0.25) is 0 Å². The largest absolute Gasteiger partial charge is 0.461 e. The van der Waals surface area contributed by atoms with Crippen LogP contribution in [0.1, 0.15) is 5.76 Å². The summed E-state index contributed by atoms with van der Waals surface area (Å²) in [5.41, 5.74) is 0.427. The quantitative estimate of drug-likeness (QED) is 0.432. The summed E-state index contributed by atoms with van der Waals surface area (Å²) in [5.74, 6) is 9.93. The van der Waals surface area contributed by atoms with Crippen molar-refractivity contribution in [1.29, 1.82) is 0 Å². The Morgan fingerprint density at radius 1 is 1.47 bits per heavy atom. The molecule has 0 aromatic carbocycles. The Morgan fingerprint density at radius 3 is 3.06 bits per heavy atom. The van der Waals surface area contributed by atoms with Gasteiger partial charge in [0, 0.05) is 0 Å². The maximum absolute atomic E-state index is 6.04. The van der Waals surface area contributed by atoms with E-state index in [1.165, 1.54) is 6.21 Å². The summed E-state index contributed by atoms with van der Waals surface area (Å²) in [6, 6.07) is 3.52. The lowest BCUT2D eigenvalue weighted by molar-refractivity contribution is -0.803. The molecule has 0 saturated carbocycles. The number of hydrogen-bond acceptors (Lipinski definition) is 5. The number of quaternary nitrogens is 1. The summed E-state index contributed by atoms with van der Waals surface area (Å²) in [6.07, 6.45) is 9.88. The fraction of sp³-hybridized carbons (Fsp3) is 0. The minimum absolute atomic E-state index is 0.320. The molecule has 0 aliphatic carbocycles. The highest BCUT2D eigenvalue weighted by Gasteiger charge is 2.39. The second kappa shape index (κ2) is 3.25. The Kier molecular flexibility index (Phi) is 1.86. The fourth-order valence-electron chi connectivity index (χ4n) is 1.57. The summed E-state index contributed by atoms with van der Waals surface area (Å²) in [7, 11) is 0. The number of allylic oxidation sites excluding steroid dienone is 1. The summed E-state index contributed by atoms with van der Waals surface area (Å²) >= 11 is 0. The Morgan fingerprint density at radius 2 is 2.35 bits per heavy atom. The molecule has 0 fully saturated rings. The maximum atomic E-state index is 6.04. The van der Waals surface area contributed by atoms with Crippen LogP contribution in [0.15, 0.2) is 49.8 Å². The van der Waals surface area contributed by atoms with Gasteiger partial charge in [0.05, 0.1) is 6.26 Å². The van der Waals surface area contributed by atoms with Crippen molar-refractivity contribution in [3.63, 3.8) is 0 Å². The van der Waals surface area contributed by atoms with Crippen LogP contribution in [0, 0.1) is 12.3 Å². The predicted octanol–water partition coefficient (Wildman–Crippen LogP) is 0.603. The summed E-state index contributed by atoms with van der Waals surface area (Å²) in [4.78, 5) is 8.27. The normalized spacial score (nSPS) is 25.8. The Balaban J connectivity index is 2.08. The van der Waals surface area contributed by atoms with Crippen molar-refractivity contribution in [1.82, 2.24) is 0 Å². The molecule has 1 unspecified atom stereocenters. The van der Waals surface area contributed by atoms with Gasteiger partial charge >= 0.3 is 0 Å².